The number of fused-ring (bicyclic) bond motifs is 1. The predicted octanol–water partition coefficient (Wildman–Crippen LogP) is 3.82. The summed E-state index contributed by atoms with van der Waals surface area (Å²) in [5, 5.41) is 5.97. The molecule has 3 aromatic rings. The summed E-state index contributed by atoms with van der Waals surface area (Å²) in [6.45, 7) is 4.20. The van der Waals surface area contributed by atoms with Crippen LogP contribution in [0.1, 0.15) is 21.6 Å². The van der Waals surface area contributed by atoms with Crippen LogP contribution in [0, 0.1) is 13.8 Å². The summed E-state index contributed by atoms with van der Waals surface area (Å²) in [6.07, 6.45) is 2.95. The predicted molar refractivity (Wildman–Crippen MR) is 102 cm³/mol. The molecule has 4 rings (SSSR count). The van der Waals surface area contributed by atoms with Gasteiger partial charge in [-0.2, -0.15) is 0 Å². The summed E-state index contributed by atoms with van der Waals surface area (Å²) >= 11 is 0. The number of nitrogens with one attached hydrogen (secondary N) is 2. The zero-order valence-electron chi connectivity index (χ0n) is 14.9. The van der Waals surface area contributed by atoms with Crippen LogP contribution >= 0.6 is 0 Å². The molecule has 1 aromatic heterocycles. The summed E-state index contributed by atoms with van der Waals surface area (Å²) in [6, 6.07) is 11.4. The van der Waals surface area contributed by atoms with E-state index in [4.69, 9.17) is 9.47 Å². The van der Waals surface area contributed by atoms with Crippen molar-refractivity contribution in [1.82, 2.24) is 9.97 Å². The van der Waals surface area contributed by atoms with E-state index in [0.717, 1.165) is 22.5 Å². The molecule has 0 bridgehead atoms. The number of carbonyl (C=O) groups is 1. The minimum Gasteiger partial charge on any atom is -0.454 e. The third kappa shape index (κ3) is 3.82. The van der Waals surface area contributed by atoms with Gasteiger partial charge in [0.25, 0.3) is 5.91 Å². The first-order chi connectivity index (χ1) is 13.1. The van der Waals surface area contributed by atoms with E-state index in [1.54, 1.807) is 0 Å². The van der Waals surface area contributed by atoms with Crippen LogP contribution < -0.4 is 20.1 Å². The molecule has 0 spiro atoms. The molecular formula is C20H18N4O3. The number of aromatic nitrogens is 2. The maximum absolute atomic E-state index is 12.4. The van der Waals surface area contributed by atoms with E-state index in [9.17, 15) is 4.79 Å². The van der Waals surface area contributed by atoms with Gasteiger partial charge in [-0.25, -0.2) is 9.97 Å². The highest BCUT2D eigenvalue weighted by Gasteiger charge is 2.14. The topological polar surface area (TPSA) is 85.4 Å². The summed E-state index contributed by atoms with van der Waals surface area (Å²) in [4.78, 5) is 20.8. The maximum Gasteiger partial charge on any atom is 0.275 e. The van der Waals surface area contributed by atoms with Gasteiger partial charge in [0, 0.05) is 17.4 Å². The van der Waals surface area contributed by atoms with Crippen molar-refractivity contribution in [1.29, 1.82) is 0 Å². The van der Waals surface area contributed by atoms with Crippen LogP contribution in [0.5, 0.6) is 11.5 Å². The van der Waals surface area contributed by atoms with Gasteiger partial charge in [-0.3, -0.25) is 4.79 Å². The fraction of sp³-hybridized carbons (Fsp3) is 0.150. The maximum atomic E-state index is 12.4. The van der Waals surface area contributed by atoms with Gasteiger partial charge in [0.2, 0.25) is 6.79 Å². The molecule has 0 atom stereocenters. The van der Waals surface area contributed by atoms with Crippen LogP contribution in [-0.4, -0.2) is 22.7 Å². The molecule has 0 saturated carbocycles. The minimum absolute atomic E-state index is 0.225. The molecule has 0 fully saturated rings. The average Bonchev–Trinajstić information content (AvgIpc) is 3.09. The summed E-state index contributed by atoms with van der Waals surface area (Å²) in [7, 11) is 0. The second kappa shape index (κ2) is 6.95. The van der Waals surface area contributed by atoms with Crippen LogP contribution in [0.2, 0.25) is 0 Å². The standard InChI is InChI=1S/C20H18N4O3/c1-12-5-13(2)7-15(6-12)24-20(25)16-9-22-19(10-21-16)23-14-3-4-17-18(8-14)27-11-26-17/h3-10H,11H2,1-2H3,(H,22,23)(H,24,25). The third-order valence-electron chi connectivity index (χ3n) is 4.01. The number of aryl methyl sites for hydroxylation is 2. The van der Waals surface area contributed by atoms with E-state index in [2.05, 4.69) is 20.6 Å². The van der Waals surface area contributed by atoms with Gasteiger partial charge in [0.15, 0.2) is 11.5 Å². The van der Waals surface area contributed by atoms with Gasteiger partial charge < -0.3 is 20.1 Å². The number of nitrogens with zero attached hydrogens (tertiary/aromatic N) is 2. The molecule has 0 unspecified atom stereocenters. The number of amides is 1. The SMILES string of the molecule is Cc1cc(C)cc(NC(=O)c2cnc(Nc3ccc4c(c3)OCO4)cn2)c1. The lowest BCUT2D eigenvalue weighted by molar-refractivity contribution is 0.102. The molecule has 0 saturated heterocycles. The Balaban J connectivity index is 1.44. The average molecular weight is 362 g/mol. The Bertz CT molecular complexity index is 982. The zero-order valence-corrected chi connectivity index (χ0v) is 14.9. The molecule has 2 aromatic carbocycles. The quantitative estimate of drug-likeness (QED) is 0.734. The Hall–Kier alpha value is -3.61. The van der Waals surface area contributed by atoms with Crippen molar-refractivity contribution in [2.24, 2.45) is 0 Å². The molecule has 27 heavy (non-hydrogen) atoms. The number of benzene rings is 2. The van der Waals surface area contributed by atoms with Crippen LogP contribution in [0.15, 0.2) is 48.8 Å². The lowest BCUT2D eigenvalue weighted by Crippen LogP contribution is -2.14. The van der Waals surface area contributed by atoms with Gasteiger partial charge >= 0.3 is 0 Å². The van der Waals surface area contributed by atoms with E-state index in [1.807, 2.05) is 50.2 Å². The van der Waals surface area contributed by atoms with Gasteiger partial charge in [-0.15, -0.1) is 0 Å². The van der Waals surface area contributed by atoms with Gasteiger partial charge in [-0.1, -0.05) is 6.07 Å². The number of ether oxygens (including phenoxy) is 2. The van der Waals surface area contributed by atoms with E-state index < -0.39 is 0 Å². The molecule has 0 aliphatic carbocycles. The first-order valence-electron chi connectivity index (χ1n) is 8.45. The van der Waals surface area contributed by atoms with Crippen molar-refractivity contribution < 1.29 is 14.3 Å². The van der Waals surface area contributed by atoms with Crippen molar-refractivity contribution in [3.63, 3.8) is 0 Å². The van der Waals surface area contributed by atoms with E-state index in [0.29, 0.717) is 17.3 Å². The molecule has 1 amide bonds. The molecule has 136 valence electrons. The van der Waals surface area contributed by atoms with E-state index >= 15 is 0 Å². The van der Waals surface area contributed by atoms with Crippen LogP contribution in [0.4, 0.5) is 17.2 Å². The van der Waals surface area contributed by atoms with Gasteiger partial charge in [0.1, 0.15) is 11.5 Å². The Kier molecular flexibility index (Phi) is 4.33. The highest BCUT2D eigenvalue weighted by atomic mass is 16.7. The van der Waals surface area contributed by atoms with Crippen molar-refractivity contribution >= 4 is 23.1 Å². The second-order valence-electron chi connectivity index (χ2n) is 6.31. The fourth-order valence-corrected chi connectivity index (χ4v) is 2.87. The number of carbonyl (C=O) groups excluding carboxylic acids is 1. The molecule has 2 N–H and O–H groups in total. The highest BCUT2D eigenvalue weighted by molar-refractivity contribution is 6.02. The molecule has 1 aliphatic heterocycles. The smallest absolute Gasteiger partial charge is 0.275 e. The first kappa shape index (κ1) is 16.8. The summed E-state index contributed by atoms with van der Waals surface area (Å²) in [5.41, 5.74) is 3.94. The monoisotopic (exact) mass is 362 g/mol. The summed E-state index contributed by atoms with van der Waals surface area (Å²) < 4.78 is 10.6. The van der Waals surface area contributed by atoms with Crippen molar-refractivity contribution in [2.45, 2.75) is 13.8 Å². The van der Waals surface area contributed by atoms with Crippen LogP contribution in [0.3, 0.4) is 0 Å². The second-order valence-corrected chi connectivity index (χ2v) is 6.31. The molecule has 0 radical (unpaired) electrons. The zero-order chi connectivity index (χ0) is 18.8. The molecule has 7 heteroatoms. The normalized spacial score (nSPS) is 11.9. The van der Waals surface area contributed by atoms with Crippen molar-refractivity contribution in [2.75, 3.05) is 17.4 Å². The molecule has 2 heterocycles. The first-order valence-corrected chi connectivity index (χ1v) is 8.45. The Morgan fingerprint density at radius 1 is 0.926 bits per heavy atom. The minimum atomic E-state index is -0.304. The number of anilines is 3. The summed E-state index contributed by atoms with van der Waals surface area (Å²) in [5.74, 6) is 1.61. The van der Waals surface area contributed by atoms with Crippen LogP contribution in [0.25, 0.3) is 0 Å². The van der Waals surface area contributed by atoms with Crippen molar-refractivity contribution in [3.8, 4) is 11.5 Å². The number of hydrogen-bond donors (Lipinski definition) is 2. The van der Waals surface area contributed by atoms with Crippen LogP contribution in [-0.2, 0) is 0 Å². The molecule has 1 aliphatic rings. The molecular weight excluding hydrogens is 344 g/mol. The largest absolute Gasteiger partial charge is 0.454 e. The Morgan fingerprint density at radius 2 is 1.70 bits per heavy atom. The number of rotatable bonds is 4. The van der Waals surface area contributed by atoms with Gasteiger partial charge in [-0.05, 0) is 49.2 Å². The van der Waals surface area contributed by atoms with E-state index in [-0.39, 0.29) is 18.4 Å². The van der Waals surface area contributed by atoms with E-state index in [1.165, 1.54) is 12.4 Å². The third-order valence-corrected chi connectivity index (χ3v) is 4.01. The van der Waals surface area contributed by atoms with Gasteiger partial charge in [0.05, 0.1) is 12.4 Å². The fourth-order valence-electron chi connectivity index (χ4n) is 2.87. The number of hydrogen-bond acceptors (Lipinski definition) is 6. The lowest BCUT2D eigenvalue weighted by atomic mass is 10.1. The Morgan fingerprint density at radius 3 is 2.44 bits per heavy atom. The Labute approximate surface area is 156 Å². The lowest BCUT2D eigenvalue weighted by Gasteiger charge is -2.08. The van der Waals surface area contributed by atoms with Crippen molar-refractivity contribution in [3.05, 3.63) is 65.6 Å². The molecule has 7 nitrogen and oxygen atoms in total. The highest BCUT2D eigenvalue weighted by Crippen LogP contribution is 2.34.